The van der Waals surface area contributed by atoms with Crippen molar-refractivity contribution in [2.45, 2.75) is 39.3 Å². The number of likely N-dealkylation sites (tertiary alicyclic amines) is 1. The number of ether oxygens (including phenoxy) is 1. The first-order valence-electron chi connectivity index (χ1n) is 6.73. The van der Waals surface area contributed by atoms with Crippen LogP contribution in [-0.2, 0) is 20.9 Å². The Bertz CT molecular complexity index is 489. The molecular formula is C13H19N3O3S. The topological polar surface area (TPSA) is 71.5 Å². The molecule has 0 spiro atoms. The van der Waals surface area contributed by atoms with Crippen molar-refractivity contribution in [3.05, 3.63) is 11.1 Å². The van der Waals surface area contributed by atoms with Gasteiger partial charge in [0.1, 0.15) is 6.04 Å². The van der Waals surface area contributed by atoms with E-state index < -0.39 is 0 Å². The van der Waals surface area contributed by atoms with E-state index in [0.29, 0.717) is 18.3 Å². The highest BCUT2D eigenvalue weighted by Gasteiger charge is 2.32. The fourth-order valence-corrected chi connectivity index (χ4v) is 3.06. The molecule has 0 bridgehead atoms. The highest BCUT2D eigenvalue weighted by Crippen LogP contribution is 2.23. The van der Waals surface area contributed by atoms with Crippen LogP contribution < -0.4 is 5.32 Å². The minimum atomic E-state index is -0.166. The van der Waals surface area contributed by atoms with Crippen molar-refractivity contribution in [2.24, 2.45) is 0 Å². The molecule has 1 N–H and O–H groups in total. The normalized spacial score (nSPS) is 19.0. The van der Waals surface area contributed by atoms with Gasteiger partial charge in [-0.3, -0.25) is 14.5 Å². The Hall–Kier alpha value is -1.47. The zero-order chi connectivity index (χ0) is 14.5. The smallest absolute Gasteiger partial charge is 0.323 e. The minimum absolute atomic E-state index is 0.128. The molecule has 1 aliphatic rings. The van der Waals surface area contributed by atoms with E-state index in [1.54, 1.807) is 0 Å². The lowest BCUT2D eigenvalue weighted by atomic mass is 10.2. The standard InChI is InChI=1S/C13H19N3O3S/c1-3-19-12(18)11-5-4-6-16(11)7-10-8-20-13(15-10)14-9(2)17/h8,11H,3-7H2,1-2H3,(H,14,15,17). The summed E-state index contributed by atoms with van der Waals surface area (Å²) >= 11 is 1.40. The van der Waals surface area contributed by atoms with Gasteiger partial charge in [0.2, 0.25) is 5.91 Å². The second-order valence-corrected chi connectivity index (χ2v) is 5.56. The molecule has 0 radical (unpaired) electrons. The highest BCUT2D eigenvalue weighted by atomic mass is 32.1. The second-order valence-electron chi connectivity index (χ2n) is 4.71. The molecule has 0 aliphatic carbocycles. The van der Waals surface area contributed by atoms with Crippen molar-refractivity contribution in [2.75, 3.05) is 18.5 Å². The number of rotatable bonds is 5. The van der Waals surface area contributed by atoms with E-state index in [9.17, 15) is 9.59 Å². The van der Waals surface area contributed by atoms with Crippen LogP contribution in [0.1, 0.15) is 32.4 Å². The lowest BCUT2D eigenvalue weighted by Crippen LogP contribution is -2.36. The molecule has 110 valence electrons. The molecule has 1 aromatic rings. The number of hydrogen-bond donors (Lipinski definition) is 1. The van der Waals surface area contributed by atoms with Crippen LogP contribution in [0.25, 0.3) is 0 Å². The molecule has 0 saturated carbocycles. The minimum Gasteiger partial charge on any atom is -0.465 e. The Labute approximate surface area is 122 Å². The molecule has 1 atom stereocenters. The number of aromatic nitrogens is 1. The van der Waals surface area contributed by atoms with E-state index >= 15 is 0 Å². The average molecular weight is 297 g/mol. The quantitative estimate of drug-likeness (QED) is 0.836. The number of nitrogens with zero attached hydrogens (tertiary/aromatic N) is 2. The third-order valence-electron chi connectivity index (χ3n) is 3.12. The van der Waals surface area contributed by atoms with E-state index in [1.807, 2.05) is 12.3 Å². The van der Waals surface area contributed by atoms with Gasteiger partial charge < -0.3 is 10.1 Å². The van der Waals surface area contributed by atoms with Gasteiger partial charge in [0.15, 0.2) is 5.13 Å². The number of carbonyl (C=O) groups is 2. The Morgan fingerprint density at radius 1 is 1.60 bits per heavy atom. The molecular weight excluding hydrogens is 278 g/mol. The number of nitrogens with one attached hydrogen (secondary N) is 1. The number of anilines is 1. The molecule has 1 amide bonds. The summed E-state index contributed by atoms with van der Waals surface area (Å²) in [7, 11) is 0. The van der Waals surface area contributed by atoms with Gasteiger partial charge in [-0.1, -0.05) is 0 Å². The summed E-state index contributed by atoms with van der Waals surface area (Å²) < 4.78 is 5.10. The van der Waals surface area contributed by atoms with Crippen molar-refractivity contribution in [3.63, 3.8) is 0 Å². The van der Waals surface area contributed by atoms with Crippen molar-refractivity contribution in [1.29, 1.82) is 0 Å². The number of carbonyl (C=O) groups excluding carboxylic acids is 2. The van der Waals surface area contributed by atoms with Gasteiger partial charge in [0.05, 0.1) is 12.3 Å². The molecule has 1 aliphatic heterocycles. The zero-order valence-corrected chi connectivity index (χ0v) is 12.5. The highest BCUT2D eigenvalue weighted by molar-refractivity contribution is 7.13. The Morgan fingerprint density at radius 3 is 3.10 bits per heavy atom. The summed E-state index contributed by atoms with van der Waals surface area (Å²) in [6.07, 6.45) is 1.83. The summed E-state index contributed by atoms with van der Waals surface area (Å²) in [5, 5.41) is 5.17. The summed E-state index contributed by atoms with van der Waals surface area (Å²) in [6, 6.07) is -0.166. The van der Waals surface area contributed by atoms with Crippen molar-refractivity contribution >= 4 is 28.3 Å². The summed E-state index contributed by atoms with van der Waals surface area (Å²) in [4.78, 5) is 29.3. The van der Waals surface area contributed by atoms with Gasteiger partial charge in [-0.2, -0.15) is 0 Å². The summed E-state index contributed by atoms with van der Waals surface area (Å²) in [5.41, 5.74) is 0.870. The third kappa shape index (κ3) is 3.77. The fraction of sp³-hybridized carbons (Fsp3) is 0.615. The van der Waals surface area contributed by atoms with E-state index in [4.69, 9.17) is 4.74 Å². The average Bonchev–Trinajstić information content (AvgIpc) is 2.99. The summed E-state index contributed by atoms with van der Waals surface area (Å²) in [5.74, 6) is -0.279. The van der Waals surface area contributed by atoms with E-state index in [-0.39, 0.29) is 17.9 Å². The molecule has 6 nitrogen and oxygen atoms in total. The number of esters is 1. The maximum atomic E-state index is 11.9. The van der Waals surface area contributed by atoms with Gasteiger partial charge in [-0.15, -0.1) is 11.3 Å². The zero-order valence-electron chi connectivity index (χ0n) is 11.7. The van der Waals surface area contributed by atoms with E-state index in [1.165, 1.54) is 18.3 Å². The summed E-state index contributed by atoms with van der Waals surface area (Å²) in [6.45, 7) is 5.16. The lowest BCUT2D eigenvalue weighted by molar-refractivity contribution is -0.148. The Balaban J connectivity index is 1.96. The maximum absolute atomic E-state index is 11.9. The predicted molar refractivity (Wildman–Crippen MR) is 76.5 cm³/mol. The molecule has 20 heavy (non-hydrogen) atoms. The molecule has 1 aromatic heterocycles. The SMILES string of the molecule is CCOC(=O)C1CCCN1Cc1csc(NC(C)=O)n1. The van der Waals surface area contributed by atoms with Gasteiger partial charge >= 0.3 is 5.97 Å². The monoisotopic (exact) mass is 297 g/mol. The van der Waals surface area contributed by atoms with Crippen LogP contribution in [0.2, 0.25) is 0 Å². The fourth-order valence-electron chi connectivity index (χ4n) is 2.32. The van der Waals surface area contributed by atoms with Gasteiger partial charge in [-0.25, -0.2) is 4.98 Å². The third-order valence-corrected chi connectivity index (χ3v) is 3.93. The second kappa shape index (κ2) is 6.81. The molecule has 1 fully saturated rings. The first-order valence-corrected chi connectivity index (χ1v) is 7.60. The molecule has 2 rings (SSSR count). The van der Waals surface area contributed by atoms with E-state index in [2.05, 4.69) is 15.2 Å². The van der Waals surface area contributed by atoms with Crippen LogP contribution in [-0.4, -0.2) is 41.0 Å². The molecule has 1 saturated heterocycles. The van der Waals surface area contributed by atoms with Crippen LogP contribution >= 0.6 is 11.3 Å². The van der Waals surface area contributed by atoms with Gasteiger partial charge in [-0.05, 0) is 26.3 Å². The van der Waals surface area contributed by atoms with Crippen LogP contribution in [0.5, 0.6) is 0 Å². The first-order chi connectivity index (χ1) is 9.60. The van der Waals surface area contributed by atoms with E-state index in [0.717, 1.165) is 25.1 Å². The van der Waals surface area contributed by atoms with Crippen LogP contribution in [0.15, 0.2) is 5.38 Å². The van der Waals surface area contributed by atoms with Gasteiger partial charge in [0, 0.05) is 18.8 Å². The molecule has 7 heteroatoms. The lowest BCUT2D eigenvalue weighted by Gasteiger charge is -2.21. The number of thiazole rings is 1. The van der Waals surface area contributed by atoms with Crippen molar-refractivity contribution in [3.8, 4) is 0 Å². The number of hydrogen-bond acceptors (Lipinski definition) is 6. The van der Waals surface area contributed by atoms with Gasteiger partial charge in [0.25, 0.3) is 0 Å². The largest absolute Gasteiger partial charge is 0.465 e. The first kappa shape index (κ1) is 14.9. The molecule has 0 aromatic carbocycles. The number of amides is 1. The van der Waals surface area contributed by atoms with Crippen LogP contribution in [0, 0.1) is 0 Å². The van der Waals surface area contributed by atoms with Crippen molar-refractivity contribution < 1.29 is 14.3 Å². The Kier molecular flexibility index (Phi) is 5.08. The van der Waals surface area contributed by atoms with Crippen LogP contribution in [0.3, 0.4) is 0 Å². The van der Waals surface area contributed by atoms with Crippen LogP contribution in [0.4, 0.5) is 5.13 Å². The molecule has 2 heterocycles. The molecule has 1 unspecified atom stereocenters. The Morgan fingerprint density at radius 2 is 2.40 bits per heavy atom. The predicted octanol–water partition coefficient (Wildman–Crippen LogP) is 1.63. The van der Waals surface area contributed by atoms with Crippen molar-refractivity contribution in [1.82, 2.24) is 9.88 Å². The maximum Gasteiger partial charge on any atom is 0.323 e.